The number of nitriles is 1. The third-order valence-electron chi connectivity index (χ3n) is 1.12. The number of hydrogen-bond donors (Lipinski definition) is 0. The Bertz CT molecular complexity index is 176. The maximum atomic E-state index is 12.0. The summed E-state index contributed by atoms with van der Waals surface area (Å²) in [5, 5.41) is 7.80. The van der Waals surface area contributed by atoms with Crippen molar-refractivity contribution in [3.63, 3.8) is 0 Å². The highest BCUT2D eigenvalue weighted by atomic mass is 19.4. The Morgan fingerprint density at radius 1 is 1.18 bits per heavy atom. The number of alkyl halides is 5. The van der Waals surface area contributed by atoms with E-state index in [9.17, 15) is 22.0 Å². The van der Waals surface area contributed by atoms with Gasteiger partial charge in [0.15, 0.2) is 0 Å². The number of nitrogens with zero attached hydrogens (tertiary/aromatic N) is 1. The molecule has 0 aliphatic carbocycles. The minimum Gasteiger partial charge on any atom is -0.198 e. The van der Waals surface area contributed by atoms with Crippen LogP contribution in [0.15, 0.2) is 0 Å². The lowest BCUT2D eigenvalue weighted by Crippen LogP contribution is -2.41. The molecule has 0 radical (unpaired) electrons. The van der Waals surface area contributed by atoms with E-state index in [1.54, 1.807) is 0 Å². The third kappa shape index (κ3) is 1.79. The highest BCUT2D eigenvalue weighted by Gasteiger charge is 2.61. The average Bonchev–Trinajstić information content (AvgIpc) is 1.83. The Kier molecular flexibility index (Phi) is 2.44. The molecule has 0 aromatic carbocycles. The van der Waals surface area contributed by atoms with Crippen molar-refractivity contribution in [1.82, 2.24) is 0 Å². The van der Waals surface area contributed by atoms with E-state index in [0.29, 0.717) is 6.92 Å². The molecule has 0 heterocycles. The molecular formula is C5H4F5N. The summed E-state index contributed by atoms with van der Waals surface area (Å²) in [7, 11) is 0. The van der Waals surface area contributed by atoms with Gasteiger partial charge in [0.25, 0.3) is 0 Å². The molecule has 0 saturated heterocycles. The van der Waals surface area contributed by atoms with Crippen LogP contribution in [0.4, 0.5) is 22.0 Å². The van der Waals surface area contributed by atoms with Gasteiger partial charge in [-0.3, -0.25) is 0 Å². The lowest BCUT2D eigenvalue weighted by Gasteiger charge is -2.20. The highest BCUT2D eigenvalue weighted by Crippen LogP contribution is 2.40. The molecule has 64 valence electrons. The Morgan fingerprint density at radius 3 is 1.64 bits per heavy atom. The summed E-state index contributed by atoms with van der Waals surface area (Å²) >= 11 is 0. The number of halogens is 5. The molecule has 0 aliphatic heterocycles. The minimum atomic E-state index is -5.64. The van der Waals surface area contributed by atoms with Gasteiger partial charge in [-0.1, -0.05) is 0 Å². The Labute approximate surface area is 59.4 Å². The van der Waals surface area contributed by atoms with Gasteiger partial charge in [0, 0.05) is 0 Å². The Hall–Kier alpha value is -0.860. The van der Waals surface area contributed by atoms with Crippen LogP contribution in [0.1, 0.15) is 6.92 Å². The van der Waals surface area contributed by atoms with Gasteiger partial charge >= 0.3 is 12.1 Å². The van der Waals surface area contributed by atoms with Crippen molar-refractivity contribution in [3.05, 3.63) is 0 Å². The molecule has 0 aromatic rings. The van der Waals surface area contributed by atoms with Crippen molar-refractivity contribution in [2.45, 2.75) is 19.0 Å². The number of rotatable bonds is 1. The van der Waals surface area contributed by atoms with Crippen LogP contribution < -0.4 is 0 Å². The molecule has 0 amide bonds. The minimum absolute atomic E-state index is 0.521. The van der Waals surface area contributed by atoms with Gasteiger partial charge in [0.05, 0.1) is 6.07 Å². The van der Waals surface area contributed by atoms with Crippen LogP contribution in [0.3, 0.4) is 0 Å². The Morgan fingerprint density at radius 2 is 1.55 bits per heavy atom. The second kappa shape index (κ2) is 2.64. The van der Waals surface area contributed by atoms with Crippen molar-refractivity contribution in [2.24, 2.45) is 5.92 Å². The first kappa shape index (κ1) is 10.1. The molecule has 0 rings (SSSR count). The largest absolute Gasteiger partial charge is 0.454 e. The van der Waals surface area contributed by atoms with E-state index in [4.69, 9.17) is 5.26 Å². The summed E-state index contributed by atoms with van der Waals surface area (Å²) in [6.45, 7) is 0.521. The lowest BCUT2D eigenvalue weighted by molar-refractivity contribution is -0.293. The molecule has 0 aromatic heterocycles. The Balaban J connectivity index is 4.62. The van der Waals surface area contributed by atoms with E-state index in [2.05, 4.69) is 0 Å². The monoisotopic (exact) mass is 173 g/mol. The average molecular weight is 173 g/mol. The predicted molar refractivity (Wildman–Crippen MR) is 25.8 cm³/mol. The van der Waals surface area contributed by atoms with Gasteiger partial charge < -0.3 is 0 Å². The topological polar surface area (TPSA) is 23.8 Å². The van der Waals surface area contributed by atoms with E-state index in [1.807, 2.05) is 0 Å². The lowest BCUT2D eigenvalue weighted by atomic mass is 10.1. The van der Waals surface area contributed by atoms with Gasteiger partial charge in [-0.25, -0.2) is 0 Å². The quantitative estimate of drug-likeness (QED) is 0.558. The van der Waals surface area contributed by atoms with Crippen molar-refractivity contribution < 1.29 is 22.0 Å². The maximum Gasteiger partial charge on any atom is 0.454 e. The highest BCUT2D eigenvalue weighted by molar-refractivity contribution is 4.94. The summed E-state index contributed by atoms with van der Waals surface area (Å²) in [5.74, 6) is -7.26. The van der Waals surface area contributed by atoms with Gasteiger partial charge in [0.2, 0.25) is 0 Å². The molecule has 1 nitrogen and oxygen atoms in total. The fourth-order valence-electron chi connectivity index (χ4n) is 0.327. The fourth-order valence-corrected chi connectivity index (χ4v) is 0.327. The maximum absolute atomic E-state index is 12.0. The second-order valence-electron chi connectivity index (χ2n) is 1.97. The van der Waals surface area contributed by atoms with Crippen molar-refractivity contribution in [2.75, 3.05) is 0 Å². The molecule has 6 heteroatoms. The van der Waals surface area contributed by atoms with Crippen LogP contribution in [-0.4, -0.2) is 12.1 Å². The molecule has 0 bridgehead atoms. The first-order valence-electron chi connectivity index (χ1n) is 2.57. The molecular weight excluding hydrogens is 169 g/mol. The molecule has 0 N–H and O–H groups in total. The molecule has 0 fully saturated rings. The van der Waals surface area contributed by atoms with Gasteiger partial charge in [-0.2, -0.15) is 27.2 Å². The zero-order chi connectivity index (χ0) is 9.28. The summed E-state index contributed by atoms with van der Waals surface area (Å²) in [6, 6.07) is 0.842. The molecule has 1 unspecified atom stereocenters. The van der Waals surface area contributed by atoms with Crippen LogP contribution in [0, 0.1) is 17.2 Å². The van der Waals surface area contributed by atoms with Gasteiger partial charge in [-0.05, 0) is 6.92 Å². The first-order chi connectivity index (χ1) is 4.73. The van der Waals surface area contributed by atoms with Crippen molar-refractivity contribution in [3.8, 4) is 6.07 Å². The molecule has 11 heavy (non-hydrogen) atoms. The standard InChI is InChI=1S/C5H4F5N/c1-3(2-11)4(6,7)5(8,9)10/h3H,1H3. The molecule has 0 saturated carbocycles. The van der Waals surface area contributed by atoms with E-state index >= 15 is 0 Å². The van der Waals surface area contributed by atoms with Crippen molar-refractivity contribution >= 4 is 0 Å². The summed E-state index contributed by atoms with van der Waals surface area (Å²) in [4.78, 5) is 0. The van der Waals surface area contributed by atoms with E-state index in [1.165, 1.54) is 0 Å². The zero-order valence-electron chi connectivity index (χ0n) is 5.41. The third-order valence-corrected chi connectivity index (χ3v) is 1.12. The zero-order valence-corrected chi connectivity index (χ0v) is 5.41. The van der Waals surface area contributed by atoms with E-state index in [-0.39, 0.29) is 0 Å². The predicted octanol–water partition coefficient (Wildman–Crippen LogP) is 2.34. The van der Waals surface area contributed by atoms with Crippen LogP contribution in [0.2, 0.25) is 0 Å². The van der Waals surface area contributed by atoms with E-state index < -0.39 is 18.0 Å². The second-order valence-corrected chi connectivity index (χ2v) is 1.97. The van der Waals surface area contributed by atoms with Crippen LogP contribution >= 0.6 is 0 Å². The number of hydrogen-bond acceptors (Lipinski definition) is 1. The SMILES string of the molecule is CC(C#N)C(F)(F)C(F)(F)F. The summed E-state index contributed by atoms with van der Waals surface area (Å²) in [6.07, 6.45) is -5.64. The van der Waals surface area contributed by atoms with Crippen LogP contribution in [0.25, 0.3) is 0 Å². The first-order valence-corrected chi connectivity index (χ1v) is 2.57. The molecule has 1 atom stereocenters. The van der Waals surface area contributed by atoms with Gasteiger partial charge in [-0.15, -0.1) is 0 Å². The van der Waals surface area contributed by atoms with E-state index in [0.717, 1.165) is 6.07 Å². The van der Waals surface area contributed by atoms with Crippen LogP contribution in [0.5, 0.6) is 0 Å². The smallest absolute Gasteiger partial charge is 0.198 e. The van der Waals surface area contributed by atoms with Crippen LogP contribution in [-0.2, 0) is 0 Å². The van der Waals surface area contributed by atoms with Crippen molar-refractivity contribution in [1.29, 1.82) is 5.26 Å². The molecule has 0 aliphatic rings. The fraction of sp³-hybridized carbons (Fsp3) is 0.800. The molecule has 0 spiro atoms. The normalized spacial score (nSPS) is 15.7. The summed E-state index contributed by atoms with van der Waals surface area (Å²) in [5.41, 5.74) is 0. The van der Waals surface area contributed by atoms with Gasteiger partial charge in [0.1, 0.15) is 5.92 Å². The summed E-state index contributed by atoms with van der Waals surface area (Å²) < 4.78 is 58.1.